The molecule has 2 aromatic carbocycles. The van der Waals surface area contributed by atoms with E-state index in [0.717, 1.165) is 6.07 Å². The lowest BCUT2D eigenvalue weighted by Gasteiger charge is -2.38. The lowest BCUT2D eigenvalue weighted by Crippen LogP contribution is -2.60. The lowest BCUT2D eigenvalue weighted by atomic mass is 9.96. The van der Waals surface area contributed by atoms with Gasteiger partial charge in [0.15, 0.2) is 6.10 Å². The third-order valence-corrected chi connectivity index (χ3v) is 4.69. The Morgan fingerprint density at radius 3 is 2.40 bits per heavy atom. The molecule has 160 valence electrons. The maximum Gasteiger partial charge on any atom is 0.335 e. The number of hydrogen-bond acceptors (Lipinski definition) is 7. The van der Waals surface area contributed by atoms with Gasteiger partial charge in [-0.05, 0) is 24.0 Å². The van der Waals surface area contributed by atoms with E-state index in [2.05, 4.69) is 0 Å². The summed E-state index contributed by atoms with van der Waals surface area (Å²) < 4.78 is 47.6. The zero-order chi connectivity index (χ0) is 24.5. The molecule has 0 spiro atoms. The van der Waals surface area contributed by atoms with Gasteiger partial charge in [0.1, 0.15) is 24.1 Å². The first-order valence-electron chi connectivity index (χ1n) is 10.4. The summed E-state index contributed by atoms with van der Waals surface area (Å²) in [6, 6.07) is 11.8. The van der Waals surface area contributed by atoms with Crippen molar-refractivity contribution in [1.82, 2.24) is 0 Å². The normalized spacial score (nSPS) is 29.2. The highest BCUT2D eigenvalue weighted by Crippen LogP contribution is 2.28. The zero-order valence-electron chi connectivity index (χ0n) is 18.4. The number of aliphatic hydroxyl groups excluding tert-OH is 3. The molecule has 0 radical (unpaired) electrons. The number of benzene rings is 2. The highest BCUT2D eigenvalue weighted by Gasteiger charge is 2.48. The Balaban J connectivity index is 1.88. The van der Waals surface area contributed by atoms with Crippen molar-refractivity contribution in [3.05, 3.63) is 59.9 Å². The summed E-state index contributed by atoms with van der Waals surface area (Å²) in [6.45, 7) is -3.01. The highest BCUT2D eigenvalue weighted by atomic mass is 19.1. The van der Waals surface area contributed by atoms with Crippen molar-refractivity contribution in [2.24, 2.45) is 0 Å². The number of rotatable bonds is 5. The molecular formula is C21H21FO8. The average molecular weight is 423 g/mol. The van der Waals surface area contributed by atoms with Crippen molar-refractivity contribution in [3.8, 4) is 11.1 Å². The van der Waals surface area contributed by atoms with E-state index in [0.29, 0.717) is 5.56 Å². The first-order chi connectivity index (χ1) is 15.4. The number of carboxylic acid groups (broad SMARTS) is 1. The molecule has 3 rings (SSSR count). The Hall–Kier alpha value is -2.85. The summed E-state index contributed by atoms with van der Waals surface area (Å²) >= 11 is 0. The number of ether oxygens (including phenoxy) is 2. The van der Waals surface area contributed by atoms with Gasteiger partial charge in [0.2, 0.25) is 6.29 Å². The predicted molar refractivity (Wildman–Crippen MR) is 101 cm³/mol. The molecule has 2 aromatic rings. The molecular weight excluding hydrogens is 399 g/mol. The van der Waals surface area contributed by atoms with Crippen LogP contribution in [0.2, 0.25) is 0 Å². The Kier molecular flexibility index (Phi) is 5.32. The molecule has 1 heterocycles. The van der Waals surface area contributed by atoms with Crippen molar-refractivity contribution in [2.45, 2.75) is 43.5 Å². The third kappa shape index (κ3) is 4.34. The van der Waals surface area contributed by atoms with Gasteiger partial charge >= 0.3 is 11.9 Å². The topological polar surface area (TPSA) is 134 Å². The summed E-state index contributed by atoms with van der Waals surface area (Å²) in [5.41, 5.74) is 0.447. The van der Waals surface area contributed by atoms with Crippen LogP contribution in [0.25, 0.3) is 11.1 Å². The first kappa shape index (κ1) is 18.0. The standard InChI is InChI=1S/C21H21FO8/c1-10(12-7-8-13(14(22)9-12)11-5-3-2-4-6-11)20(28)30-21-17(25)15(23)16(24)18(29-21)19(26)27/h2-10,15-18,21,23-25H,1H3,(H,26,27)/t10?,15-,16-,17+,18-,21-/m0/s1/i1D3. The fourth-order valence-corrected chi connectivity index (χ4v) is 3.03. The average Bonchev–Trinajstić information content (AvgIpc) is 2.73. The number of aliphatic hydroxyl groups is 3. The second-order valence-electron chi connectivity index (χ2n) is 6.71. The molecule has 4 N–H and O–H groups in total. The van der Waals surface area contributed by atoms with E-state index in [1.54, 1.807) is 30.3 Å². The third-order valence-electron chi connectivity index (χ3n) is 4.69. The Bertz CT molecular complexity index is 1020. The minimum atomic E-state index is -3.01. The first-order valence-corrected chi connectivity index (χ1v) is 8.89. The molecule has 9 heteroatoms. The minimum Gasteiger partial charge on any atom is -0.479 e. The number of carbonyl (C=O) groups excluding carboxylic acids is 1. The Labute approximate surface area is 175 Å². The largest absolute Gasteiger partial charge is 0.479 e. The van der Waals surface area contributed by atoms with Gasteiger partial charge in [0, 0.05) is 9.68 Å². The molecule has 0 aromatic heterocycles. The van der Waals surface area contributed by atoms with Crippen LogP contribution in [-0.4, -0.2) is 63.1 Å². The van der Waals surface area contributed by atoms with Gasteiger partial charge in [-0.2, -0.15) is 0 Å². The highest BCUT2D eigenvalue weighted by molar-refractivity contribution is 5.78. The number of esters is 1. The van der Waals surface area contributed by atoms with Crippen LogP contribution < -0.4 is 0 Å². The molecule has 1 aliphatic rings. The molecule has 30 heavy (non-hydrogen) atoms. The van der Waals surface area contributed by atoms with Crippen LogP contribution in [0.4, 0.5) is 4.39 Å². The van der Waals surface area contributed by atoms with Gasteiger partial charge in [-0.3, -0.25) is 4.79 Å². The monoisotopic (exact) mass is 423 g/mol. The Morgan fingerprint density at radius 1 is 1.10 bits per heavy atom. The van der Waals surface area contributed by atoms with Crippen LogP contribution in [-0.2, 0) is 19.1 Å². The van der Waals surface area contributed by atoms with Crippen LogP contribution >= 0.6 is 0 Å². The minimum absolute atomic E-state index is 0.171. The summed E-state index contributed by atoms with van der Waals surface area (Å²) in [5.74, 6) is -5.99. The van der Waals surface area contributed by atoms with Crippen molar-refractivity contribution in [2.75, 3.05) is 0 Å². The van der Waals surface area contributed by atoms with Gasteiger partial charge in [-0.15, -0.1) is 0 Å². The van der Waals surface area contributed by atoms with Crippen molar-refractivity contribution >= 4 is 11.9 Å². The number of carbonyl (C=O) groups is 2. The molecule has 0 saturated carbocycles. The van der Waals surface area contributed by atoms with Gasteiger partial charge in [-0.25, -0.2) is 9.18 Å². The quantitative estimate of drug-likeness (QED) is 0.524. The number of aliphatic carboxylic acids is 1. The number of hydrogen-bond donors (Lipinski definition) is 4. The van der Waals surface area contributed by atoms with Gasteiger partial charge in [0.25, 0.3) is 0 Å². The smallest absolute Gasteiger partial charge is 0.335 e. The van der Waals surface area contributed by atoms with Crippen LogP contribution in [0.3, 0.4) is 0 Å². The summed E-state index contributed by atoms with van der Waals surface area (Å²) in [5, 5.41) is 38.6. The van der Waals surface area contributed by atoms with Gasteiger partial charge in [-0.1, -0.05) is 42.5 Å². The molecule has 1 aliphatic heterocycles. The second-order valence-corrected chi connectivity index (χ2v) is 6.71. The van der Waals surface area contributed by atoms with Crippen LogP contribution in [0.5, 0.6) is 0 Å². The zero-order valence-corrected chi connectivity index (χ0v) is 15.4. The molecule has 8 nitrogen and oxygen atoms in total. The van der Waals surface area contributed by atoms with E-state index >= 15 is 0 Å². The maximum atomic E-state index is 14.8. The van der Waals surface area contributed by atoms with Crippen LogP contribution in [0.1, 0.15) is 22.4 Å². The summed E-state index contributed by atoms with van der Waals surface area (Å²) in [4.78, 5) is 23.9. The van der Waals surface area contributed by atoms with E-state index in [4.69, 9.17) is 18.7 Å². The number of carboxylic acids is 1. The summed E-state index contributed by atoms with van der Waals surface area (Å²) in [6.07, 6.45) is -10.3. The van der Waals surface area contributed by atoms with Crippen LogP contribution in [0.15, 0.2) is 48.5 Å². The fourth-order valence-electron chi connectivity index (χ4n) is 3.03. The van der Waals surface area contributed by atoms with Crippen molar-refractivity contribution in [1.29, 1.82) is 0 Å². The van der Waals surface area contributed by atoms with Crippen molar-refractivity contribution < 1.29 is 48.0 Å². The van der Waals surface area contributed by atoms with E-state index in [1.165, 1.54) is 12.1 Å². The van der Waals surface area contributed by atoms with Crippen LogP contribution in [0, 0.1) is 5.82 Å². The summed E-state index contributed by atoms with van der Waals surface area (Å²) in [7, 11) is 0. The predicted octanol–water partition coefficient (Wildman–Crippen LogP) is 1.03. The number of halogens is 1. The molecule has 0 bridgehead atoms. The second kappa shape index (κ2) is 8.88. The maximum absolute atomic E-state index is 14.8. The van der Waals surface area contributed by atoms with Gasteiger partial charge in [0.05, 0.1) is 5.92 Å². The van der Waals surface area contributed by atoms with E-state index in [1.807, 2.05) is 0 Å². The molecule has 6 atom stereocenters. The molecule has 1 saturated heterocycles. The van der Waals surface area contributed by atoms with Crippen molar-refractivity contribution in [3.63, 3.8) is 0 Å². The van der Waals surface area contributed by atoms with E-state index < -0.39 is 61.2 Å². The van der Waals surface area contributed by atoms with E-state index in [-0.39, 0.29) is 11.1 Å². The van der Waals surface area contributed by atoms with Gasteiger partial charge < -0.3 is 29.9 Å². The molecule has 1 unspecified atom stereocenters. The SMILES string of the molecule is [2H]C([2H])([2H])C(C(=O)O[C@@H]1O[C@H](C(=O)O)[C@@H](O)[C@H](O)[C@H]1O)c1ccc(-c2ccccc2)c(F)c1. The molecule has 0 aliphatic carbocycles. The fraction of sp³-hybridized carbons (Fsp3) is 0.333. The Morgan fingerprint density at radius 2 is 1.80 bits per heavy atom. The van der Waals surface area contributed by atoms with E-state index in [9.17, 15) is 29.3 Å². The molecule has 0 amide bonds. The molecule has 1 fully saturated rings. The lowest BCUT2D eigenvalue weighted by molar-refractivity contribution is -0.286.